The number of benzene rings is 2. The molecule has 2 aromatic carbocycles. The molecule has 5 rings (SSSR count). The predicted octanol–water partition coefficient (Wildman–Crippen LogP) is 4.60. The Bertz CT molecular complexity index is 1130. The van der Waals surface area contributed by atoms with Crippen molar-refractivity contribution < 1.29 is 4.39 Å². The van der Waals surface area contributed by atoms with Gasteiger partial charge in [-0.05, 0) is 48.0 Å². The van der Waals surface area contributed by atoms with Crippen molar-refractivity contribution in [1.29, 1.82) is 0 Å². The van der Waals surface area contributed by atoms with Gasteiger partial charge in [0.15, 0.2) is 5.82 Å². The molecule has 28 heavy (non-hydrogen) atoms. The molecule has 0 N–H and O–H groups in total. The Kier molecular flexibility index (Phi) is 4.41. The van der Waals surface area contributed by atoms with E-state index in [4.69, 9.17) is 16.6 Å². The Hall–Kier alpha value is -2.63. The number of anilines is 1. The van der Waals surface area contributed by atoms with E-state index in [9.17, 15) is 4.39 Å². The van der Waals surface area contributed by atoms with Crippen LogP contribution in [-0.4, -0.2) is 40.5 Å². The smallest absolute Gasteiger partial charge is 0.153 e. The van der Waals surface area contributed by atoms with Gasteiger partial charge in [0.1, 0.15) is 5.82 Å². The molecule has 0 aliphatic carbocycles. The molecule has 0 unspecified atom stereocenters. The lowest BCUT2D eigenvalue weighted by Crippen LogP contribution is -2.46. The van der Waals surface area contributed by atoms with Crippen molar-refractivity contribution in [1.82, 2.24) is 14.3 Å². The molecule has 2 aromatic heterocycles. The van der Waals surface area contributed by atoms with E-state index in [-0.39, 0.29) is 5.82 Å². The molecule has 4 aromatic rings. The number of piperazine rings is 1. The van der Waals surface area contributed by atoms with Crippen LogP contribution in [0.2, 0.25) is 5.02 Å². The molecule has 0 bridgehead atoms. The van der Waals surface area contributed by atoms with Crippen molar-refractivity contribution in [2.45, 2.75) is 6.54 Å². The highest BCUT2D eigenvalue weighted by Gasteiger charge is 2.21. The third kappa shape index (κ3) is 3.21. The van der Waals surface area contributed by atoms with Crippen LogP contribution in [-0.2, 0) is 6.54 Å². The number of rotatable bonds is 3. The number of aromatic nitrogens is 2. The molecule has 0 atom stereocenters. The Morgan fingerprint density at radius 1 is 0.929 bits per heavy atom. The minimum absolute atomic E-state index is 0.188. The first-order valence-corrected chi connectivity index (χ1v) is 9.83. The summed E-state index contributed by atoms with van der Waals surface area (Å²) in [7, 11) is 0. The van der Waals surface area contributed by atoms with Crippen LogP contribution in [0.15, 0.2) is 60.8 Å². The van der Waals surface area contributed by atoms with Gasteiger partial charge in [-0.25, -0.2) is 9.37 Å². The average Bonchev–Trinajstić information content (AvgIpc) is 3.19. The van der Waals surface area contributed by atoms with E-state index in [1.807, 2.05) is 30.3 Å². The summed E-state index contributed by atoms with van der Waals surface area (Å²) in [5, 5.41) is 0.696. The van der Waals surface area contributed by atoms with Gasteiger partial charge in [-0.15, -0.1) is 0 Å². The van der Waals surface area contributed by atoms with Crippen molar-refractivity contribution in [3.05, 3.63) is 77.2 Å². The molecule has 1 saturated heterocycles. The first kappa shape index (κ1) is 17.5. The second-order valence-corrected chi connectivity index (χ2v) is 7.66. The topological polar surface area (TPSA) is 23.8 Å². The molecular weight excluding hydrogens is 375 g/mol. The molecule has 0 amide bonds. The highest BCUT2D eigenvalue weighted by atomic mass is 35.5. The number of halogens is 2. The SMILES string of the molecule is Fc1ccc(CN2CCN(c3nc4cc(Cl)ccc4n4cccc34)CC2)cc1. The lowest BCUT2D eigenvalue weighted by Gasteiger charge is -2.35. The van der Waals surface area contributed by atoms with E-state index >= 15 is 0 Å². The Balaban J connectivity index is 1.39. The van der Waals surface area contributed by atoms with Gasteiger partial charge in [-0.2, -0.15) is 0 Å². The summed E-state index contributed by atoms with van der Waals surface area (Å²) >= 11 is 6.19. The molecular formula is C22H20ClFN4. The monoisotopic (exact) mass is 394 g/mol. The maximum Gasteiger partial charge on any atom is 0.153 e. The van der Waals surface area contributed by atoms with Gasteiger partial charge in [0.05, 0.1) is 16.6 Å². The van der Waals surface area contributed by atoms with Crippen LogP contribution >= 0.6 is 11.6 Å². The fraction of sp³-hybridized carbons (Fsp3) is 0.227. The Morgan fingerprint density at radius 2 is 1.71 bits per heavy atom. The zero-order valence-electron chi connectivity index (χ0n) is 15.4. The molecule has 0 saturated carbocycles. The second-order valence-electron chi connectivity index (χ2n) is 7.22. The lowest BCUT2D eigenvalue weighted by molar-refractivity contribution is 0.249. The fourth-order valence-electron chi connectivity index (χ4n) is 3.93. The van der Waals surface area contributed by atoms with E-state index in [2.05, 4.69) is 32.5 Å². The zero-order chi connectivity index (χ0) is 19.1. The van der Waals surface area contributed by atoms with E-state index in [0.29, 0.717) is 5.02 Å². The van der Waals surface area contributed by atoms with Crippen LogP contribution in [0.1, 0.15) is 5.56 Å². The highest BCUT2D eigenvalue weighted by molar-refractivity contribution is 6.31. The molecule has 1 fully saturated rings. The lowest BCUT2D eigenvalue weighted by atomic mass is 10.2. The molecule has 0 spiro atoms. The van der Waals surface area contributed by atoms with E-state index < -0.39 is 0 Å². The van der Waals surface area contributed by atoms with Crippen molar-refractivity contribution in [3.63, 3.8) is 0 Å². The van der Waals surface area contributed by atoms with Gasteiger partial charge in [0, 0.05) is 43.9 Å². The standard InChI is InChI=1S/C22H20ClFN4/c23-17-5-8-20-19(14-17)25-22(21-2-1-9-28(20)21)27-12-10-26(11-13-27)15-16-3-6-18(24)7-4-16/h1-9,14H,10-13,15H2. The van der Waals surface area contributed by atoms with Gasteiger partial charge in [-0.3, -0.25) is 4.90 Å². The van der Waals surface area contributed by atoms with Crippen LogP contribution in [0.3, 0.4) is 0 Å². The fourth-order valence-corrected chi connectivity index (χ4v) is 4.10. The van der Waals surface area contributed by atoms with Crippen molar-refractivity contribution in [3.8, 4) is 0 Å². The number of hydrogen-bond acceptors (Lipinski definition) is 3. The minimum atomic E-state index is -0.188. The minimum Gasteiger partial charge on any atom is -0.352 e. The normalized spacial score (nSPS) is 15.6. The summed E-state index contributed by atoms with van der Waals surface area (Å²) in [4.78, 5) is 9.68. The molecule has 4 nitrogen and oxygen atoms in total. The molecule has 1 aliphatic rings. The van der Waals surface area contributed by atoms with E-state index in [1.54, 1.807) is 0 Å². The summed E-state index contributed by atoms with van der Waals surface area (Å²) in [6, 6.07) is 16.8. The molecule has 0 radical (unpaired) electrons. The van der Waals surface area contributed by atoms with Crippen molar-refractivity contribution in [2.75, 3.05) is 31.1 Å². The van der Waals surface area contributed by atoms with E-state index in [0.717, 1.165) is 60.7 Å². The maximum atomic E-state index is 13.1. The van der Waals surface area contributed by atoms with Gasteiger partial charge in [-0.1, -0.05) is 23.7 Å². The largest absolute Gasteiger partial charge is 0.352 e. The summed E-state index contributed by atoms with van der Waals surface area (Å²) < 4.78 is 15.3. The van der Waals surface area contributed by atoms with Gasteiger partial charge in [0.2, 0.25) is 0 Å². The highest BCUT2D eigenvalue weighted by Crippen LogP contribution is 2.28. The molecule has 1 aliphatic heterocycles. The maximum absolute atomic E-state index is 13.1. The average molecular weight is 395 g/mol. The van der Waals surface area contributed by atoms with E-state index in [1.165, 1.54) is 12.1 Å². The van der Waals surface area contributed by atoms with Gasteiger partial charge in [0.25, 0.3) is 0 Å². The third-order valence-electron chi connectivity index (χ3n) is 5.39. The first-order chi connectivity index (χ1) is 13.7. The number of hydrogen-bond donors (Lipinski definition) is 0. The van der Waals surface area contributed by atoms with Crippen LogP contribution in [0.25, 0.3) is 16.6 Å². The molecule has 142 valence electrons. The number of nitrogens with zero attached hydrogens (tertiary/aromatic N) is 4. The zero-order valence-corrected chi connectivity index (χ0v) is 16.1. The van der Waals surface area contributed by atoms with Gasteiger partial charge < -0.3 is 9.30 Å². The van der Waals surface area contributed by atoms with Crippen molar-refractivity contribution in [2.24, 2.45) is 0 Å². The predicted molar refractivity (Wildman–Crippen MR) is 112 cm³/mol. The van der Waals surface area contributed by atoms with Crippen LogP contribution in [0, 0.1) is 5.82 Å². The van der Waals surface area contributed by atoms with Crippen molar-refractivity contribution >= 4 is 34.0 Å². The molecule has 6 heteroatoms. The Morgan fingerprint density at radius 3 is 2.50 bits per heavy atom. The van der Waals surface area contributed by atoms with Crippen LogP contribution in [0.4, 0.5) is 10.2 Å². The molecule has 3 heterocycles. The third-order valence-corrected chi connectivity index (χ3v) is 5.63. The number of fused-ring (bicyclic) bond motifs is 3. The summed E-state index contributed by atoms with van der Waals surface area (Å²) in [5.41, 5.74) is 4.21. The summed E-state index contributed by atoms with van der Waals surface area (Å²) in [6.07, 6.45) is 2.07. The summed E-state index contributed by atoms with van der Waals surface area (Å²) in [5.74, 6) is 0.813. The summed E-state index contributed by atoms with van der Waals surface area (Å²) in [6.45, 7) is 4.54. The van der Waals surface area contributed by atoms with Crippen LogP contribution < -0.4 is 4.90 Å². The quantitative estimate of drug-likeness (QED) is 0.507. The Labute approximate surface area is 167 Å². The van der Waals surface area contributed by atoms with Gasteiger partial charge >= 0.3 is 0 Å². The van der Waals surface area contributed by atoms with Crippen LogP contribution in [0.5, 0.6) is 0 Å². The first-order valence-electron chi connectivity index (χ1n) is 9.45. The second kappa shape index (κ2) is 7.08.